The maximum Gasteiger partial charge on any atom is 0.394 e. The van der Waals surface area contributed by atoms with Gasteiger partial charge >= 0.3 is 10.4 Å². The lowest BCUT2D eigenvalue weighted by molar-refractivity contribution is 0.191. The Morgan fingerprint density at radius 1 is 1.25 bits per heavy atom. The normalized spacial score (nSPS) is 11.1. The quantitative estimate of drug-likeness (QED) is 0.388. The highest BCUT2D eigenvalue weighted by molar-refractivity contribution is 7.79. The topological polar surface area (TPSA) is 165 Å². The molecule has 0 aliphatic heterocycles. The SMILES string of the molecule is CCC(C)O.N.N.O=S(=O)(O)O. The summed E-state index contributed by atoms with van der Waals surface area (Å²) in [6, 6.07) is 0. The Morgan fingerprint density at radius 3 is 1.33 bits per heavy atom. The van der Waals surface area contributed by atoms with Crippen LogP contribution in [0.2, 0.25) is 0 Å². The van der Waals surface area contributed by atoms with Crippen LogP contribution in [-0.2, 0) is 10.4 Å². The van der Waals surface area contributed by atoms with Crippen molar-refractivity contribution in [2.45, 2.75) is 26.4 Å². The Balaban J connectivity index is -0.0000000457. The summed E-state index contributed by atoms with van der Waals surface area (Å²) in [4.78, 5) is 0. The Labute approximate surface area is 72.5 Å². The molecular weight excluding hydrogens is 188 g/mol. The summed E-state index contributed by atoms with van der Waals surface area (Å²) < 4.78 is 31.6. The molecule has 0 bridgehead atoms. The summed E-state index contributed by atoms with van der Waals surface area (Å²) in [7, 11) is -4.67. The van der Waals surface area contributed by atoms with Gasteiger partial charge in [0.05, 0.1) is 6.10 Å². The first-order valence-electron chi connectivity index (χ1n) is 2.65. The van der Waals surface area contributed by atoms with Gasteiger partial charge in [-0.25, -0.2) is 0 Å². The minimum Gasteiger partial charge on any atom is -0.393 e. The number of rotatable bonds is 1. The molecule has 0 saturated carbocycles. The van der Waals surface area contributed by atoms with E-state index in [9.17, 15) is 0 Å². The van der Waals surface area contributed by atoms with Gasteiger partial charge in [0.1, 0.15) is 0 Å². The Hall–Kier alpha value is -0.250. The second kappa shape index (κ2) is 10.8. The van der Waals surface area contributed by atoms with Crippen molar-refractivity contribution in [3.63, 3.8) is 0 Å². The molecule has 0 heterocycles. The molecule has 7 nitrogen and oxygen atoms in total. The maximum absolute atomic E-state index is 8.74. The second-order valence-corrected chi connectivity index (χ2v) is 2.60. The predicted octanol–water partition coefficient (Wildman–Crippen LogP) is 0.448. The van der Waals surface area contributed by atoms with Crippen molar-refractivity contribution in [2.75, 3.05) is 0 Å². The van der Waals surface area contributed by atoms with Gasteiger partial charge in [0.2, 0.25) is 0 Å². The molecule has 0 aliphatic carbocycles. The van der Waals surface area contributed by atoms with E-state index < -0.39 is 10.4 Å². The zero-order chi connectivity index (χ0) is 8.78. The predicted molar refractivity (Wildman–Crippen MR) is 46.2 cm³/mol. The van der Waals surface area contributed by atoms with Gasteiger partial charge in [-0.2, -0.15) is 8.42 Å². The number of hydrogen-bond acceptors (Lipinski definition) is 5. The average Bonchev–Trinajstić information content (AvgIpc) is 1.61. The molecule has 0 fully saturated rings. The molecule has 0 aromatic heterocycles. The van der Waals surface area contributed by atoms with Gasteiger partial charge < -0.3 is 17.4 Å². The lowest BCUT2D eigenvalue weighted by atomic mass is 10.3. The van der Waals surface area contributed by atoms with Gasteiger partial charge in [0, 0.05) is 0 Å². The highest BCUT2D eigenvalue weighted by atomic mass is 32.3. The average molecular weight is 206 g/mol. The van der Waals surface area contributed by atoms with Crippen LogP contribution in [0.5, 0.6) is 0 Å². The summed E-state index contributed by atoms with van der Waals surface area (Å²) in [5.74, 6) is 0. The fourth-order valence-electron chi connectivity index (χ4n) is 0. The van der Waals surface area contributed by atoms with E-state index in [1.54, 1.807) is 6.92 Å². The van der Waals surface area contributed by atoms with Crippen LogP contribution >= 0.6 is 0 Å². The number of aliphatic hydroxyl groups excluding tert-OH is 1. The fourth-order valence-corrected chi connectivity index (χ4v) is 0. The van der Waals surface area contributed by atoms with E-state index in [1.165, 1.54) is 0 Å². The molecule has 0 aromatic carbocycles. The summed E-state index contributed by atoms with van der Waals surface area (Å²) in [6.45, 7) is 3.73. The van der Waals surface area contributed by atoms with Crippen LogP contribution < -0.4 is 12.3 Å². The first-order chi connectivity index (χ1) is 4.27. The van der Waals surface area contributed by atoms with Crippen LogP contribution in [0.15, 0.2) is 0 Å². The van der Waals surface area contributed by atoms with Crippen LogP contribution in [0, 0.1) is 0 Å². The molecule has 0 radical (unpaired) electrons. The molecule has 0 spiro atoms. The van der Waals surface area contributed by atoms with Crippen molar-refractivity contribution in [2.24, 2.45) is 0 Å². The first kappa shape index (κ1) is 22.6. The maximum atomic E-state index is 8.74. The standard InChI is InChI=1S/C4H10O.2H3N.H2O4S/c1-3-4(2)5;;;1-5(2,3)4/h4-5H,3H2,1-2H3;2*1H3;(H2,1,2,3,4). The Morgan fingerprint density at radius 2 is 1.33 bits per heavy atom. The highest BCUT2D eigenvalue weighted by Crippen LogP contribution is 1.81. The highest BCUT2D eigenvalue weighted by Gasteiger charge is 1.84. The monoisotopic (exact) mass is 206 g/mol. The molecular formula is C4H18N2O5S. The minimum absolute atomic E-state index is 0. The zero-order valence-electron chi connectivity index (χ0n) is 7.27. The van der Waals surface area contributed by atoms with Crippen LogP contribution in [0.3, 0.4) is 0 Å². The third kappa shape index (κ3) is 244. The van der Waals surface area contributed by atoms with Crippen molar-refractivity contribution in [3.8, 4) is 0 Å². The second-order valence-electron chi connectivity index (χ2n) is 1.71. The van der Waals surface area contributed by atoms with Crippen LogP contribution in [-0.4, -0.2) is 28.7 Å². The lowest BCUT2D eigenvalue weighted by Gasteiger charge is -1.90. The summed E-state index contributed by atoms with van der Waals surface area (Å²) in [5.41, 5.74) is 0. The van der Waals surface area contributed by atoms with Gasteiger partial charge in [-0.05, 0) is 13.3 Å². The van der Waals surface area contributed by atoms with Crippen LogP contribution in [0.25, 0.3) is 0 Å². The van der Waals surface area contributed by atoms with E-state index in [0.717, 1.165) is 6.42 Å². The van der Waals surface area contributed by atoms with Crippen LogP contribution in [0.4, 0.5) is 0 Å². The molecule has 8 heteroatoms. The summed E-state index contributed by atoms with van der Waals surface area (Å²) in [5, 5.41) is 8.36. The van der Waals surface area contributed by atoms with Crippen LogP contribution in [0.1, 0.15) is 20.3 Å². The van der Waals surface area contributed by atoms with E-state index in [-0.39, 0.29) is 18.4 Å². The molecule has 1 unspecified atom stereocenters. The van der Waals surface area contributed by atoms with Gasteiger partial charge in [0.25, 0.3) is 0 Å². The van der Waals surface area contributed by atoms with Crippen molar-refractivity contribution in [3.05, 3.63) is 0 Å². The van der Waals surface area contributed by atoms with E-state index in [0.29, 0.717) is 0 Å². The molecule has 0 saturated heterocycles. The number of hydrogen-bond donors (Lipinski definition) is 5. The summed E-state index contributed by atoms with van der Waals surface area (Å²) in [6.07, 6.45) is 0.745. The molecule has 80 valence electrons. The van der Waals surface area contributed by atoms with E-state index in [2.05, 4.69) is 0 Å². The van der Waals surface area contributed by atoms with Gasteiger partial charge in [-0.3, -0.25) is 9.11 Å². The molecule has 0 aliphatic rings. The third-order valence-corrected chi connectivity index (χ3v) is 0.591. The number of aliphatic hydroxyl groups is 1. The largest absolute Gasteiger partial charge is 0.394 e. The Bertz CT molecular complexity index is 147. The summed E-state index contributed by atoms with van der Waals surface area (Å²) >= 11 is 0. The third-order valence-electron chi connectivity index (χ3n) is 0.591. The molecule has 0 aromatic rings. The first-order valence-corrected chi connectivity index (χ1v) is 4.05. The zero-order valence-corrected chi connectivity index (χ0v) is 8.08. The van der Waals surface area contributed by atoms with E-state index in [1.807, 2.05) is 6.92 Å². The smallest absolute Gasteiger partial charge is 0.393 e. The van der Waals surface area contributed by atoms with Gasteiger partial charge in [-0.15, -0.1) is 0 Å². The molecule has 9 N–H and O–H groups in total. The Kier molecular flexibility index (Phi) is 20.3. The van der Waals surface area contributed by atoms with Gasteiger partial charge in [0.15, 0.2) is 0 Å². The lowest BCUT2D eigenvalue weighted by Crippen LogP contribution is -1.93. The van der Waals surface area contributed by atoms with E-state index in [4.69, 9.17) is 22.6 Å². The minimum atomic E-state index is -4.67. The molecule has 0 rings (SSSR count). The van der Waals surface area contributed by atoms with Crippen molar-refractivity contribution in [1.29, 1.82) is 0 Å². The molecule has 1 atom stereocenters. The van der Waals surface area contributed by atoms with Crippen molar-refractivity contribution in [1.82, 2.24) is 12.3 Å². The van der Waals surface area contributed by atoms with Crippen molar-refractivity contribution < 1.29 is 22.6 Å². The molecule has 12 heavy (non-hydrogen) atoms. The van der Waals surface area contributed by atoms with Crippen molar-refractivity contribution >= 4 is 10.4 Å². The molecule has 0 amide bonds. The fraction of sp³-hybridized carbons (Fsp3) is 1.00. The van der Waals surface area contributed by atoms with E-state index >= 15 is 0 Å². The van der Waals surface area contributed by atoms with Gasteiger partial charge in [-0.1, -0.05) is 6.92 Å².